The number of benzene rings is 1. The van der Waals surface area contributed by atoms with Crippen LogP contribution in [-0.2, 0) is 13.1 Å². The van der Waals surface area contributed by atoms with Crippen molar-refractivity contribution in [2.24, 2.45) is 11.8 Å². The van der Waals surface area contributed by atoms with E-state index in [9.17, 15) is 0 Å². The van der Waals surface area contributed by atoms with Crippen LogP contribution in [0.5, 0.6) is 0 Å². The fourth-order valence-electron chi connectivity index (χ4n) is 2.34. The van der Waals surface area contributed by atoms with Gasteiger partial charge in [0.1, 0.15) is 0 Å². The Kier molecular flexibility index (Phi) is 24.5. The second-order valence-corrected chi connectivity index (χ2v) is 8.04. The highest BCUT2D eigenvalue weighted by Crippen LogP contribution is 2.01. The maximum atomic E-state index is 3.70. The van der Waals surface area contributed by atoms with Gasteiger partial charge in [0.25, 0.3) is 0 Å². The summed E-state index contributed by atoms with van der Waals surface area (Å²) in [6, 6.07) is 12.0. The lowest BCUT2D eigenvalue weighted by Crippen LogP contribution is -1.92. The molecule has 0 spiro atoms. The maximum absolute atomic E-state index is 3.70. The molecule has 0 unspecified atom stereocenters. The third-order valence-electron chi connectivity index (χ3n) is 3.99. The number of rotatable bonds is 6. The molecular weight excluding hydrogens is 396 g/mol. The monoisotopic (exact) mass is 444 g/mol. The van der Waals surface area contributed by atoms with Gasteiger partial charge in [-0.25, -0.2) is 0 Å². The molecule has 0 amide bonds. The molecule has 0 bridgehead atoms. The third-order valence-corrected chi connectivity index (χ3v) is 3.99. The Morgan fingerprint density at radius 1 is 0.562 bits per heavy atom. The molecule has 6 heteroatoms. The second-order valence-electron chi connectivity index (χ2n) is 8.04. The Labute approximate surface area is 197 Å². The van der Waals surface area contributed by atoms with E-state index in [4.69, 9.17) is 0 Å². The molecule has 3 aromatic rings. The molecular formula is C26H48N6. The van der Waals surface area contributed by atoms with Crippen LogP contribution >= 0.6 is 0 Å². The molecule has 0 aliphatic carbocycles. The highest BCUT2D eigenvalue weighted by atomic mass is 15.4. The lowest BCUT2D eigenvalue weighted by molar-refractivity contribution is 0.576. The molecule has 2 aromatic heterocycles. The van der Waals surface area contributed by atoms with E-state index in [0.29, 0.717) is 0 Å². The van der Waals surface area contributed by atoms with Crippen molar-refractivity contribution in [2.75, 3.05) is 0 Å². The van der Waals surface area contributed by atoms with E-state index in [-0.39, 0.29) is 0 Å². The summed E-state index contributed by atoms with van der Waals surface area (Å²) in [5.41, 5.74) is 0. The summed E-state index contributed by atoms with van der Waals surface area (Å²) < 4.78 is 3.53. The average Bonchev–Trinajstić information content (AvgIpc) is 3.51. The van der Waals surface area contributed by atoms with Crippen LogP contribution in [-0.4, -0.2) is 30.0 Å². The molecule has 0 aliphatic heterocycles. The molecule has 0 atom stereocenters. The van der Waals surface area contributed by atoms with E-state index < -0.39 is 0 Å². The second kappa shape index (κ2) is 24.8. The number of aromatic nitrogens is 6. The summed E-state index contributed by atoms with van der Waals surface area (Å²) in [5.74, 6) is 1.80. The van der Waals surface area contributed by atoms with Crippen molar-refractivity contribution in [3.05, 3.63) is 61.2 Å². The van der Waals surface area contributed by atoms with E-state index in [1.165, 1.54) is 25.7 Å². The van der Waals surface area contributed by atoms with Gasteiger partial charge >= 0.3 is 0 Å². The van der Waals surface area contributed by atoms with Gasteiger partial charge in [-0.1, -0.05) is 114 Å². The van der Waals surface area contributed by atoms with Crippen molar-refractivity contribution in [1.82, 2.24) is 30.0 Å². The van der Waals surface area contributed by atoms with Crippen LogP contribution in [0.2, 0.25) is 0 Å². The van der Waals surface area contributed by atoms with Crippen LogP contribution in [0.15, 0.2) is 61.2 Å². The number of aryl methyl sites for hydroxylation is 2. The van der Waals surface area contributed by atoms with Crippen LogP contribution in [0.1, 0.15) is 81.1 Å². The minimum absolute atomic E-state index is 0.898. The minimum atomic E-state index is 0.898. The summed E-state index contributed by atoms with van der Waals surface area (Å²) in [4.78, 5) is 0. The predicted octanol–water partition coefficient (Wildman–Crippen LogP) is 7.17. The molecule has 2 heterocycles. The predicted molar refractivity (Wildman–Crippen MR) is 137 cm³/mol. The minimum Gasteiger partial charge on any atom is -0.253 e. The van der Waals surface area contributed by atoms with Gasteiger partial charge in [0, 0.05) is 25.5 Å². The molecule has 32 heavy (non-hydrogen) atoms. The van der Waals surface area contributed by atoms with Gasteiger partial charge in [0.05, 0.1) is 12.4 Å². The Morgan fingerprint density at radius 3 is 0.969 bits per heavy atom. The molecule has 6 nitrogen and oxygen atoms in total. The quantitative estimate of drug-likeness (QED) is 0.404. The first-order chi connectivity index (χ1) is 15.4. The molecule has 0 saturated carbocycles. The summed E-state index contributed by atoms with van der Waals surface area (Å²) in [6.07, 6.45) is 12.4. The SMILES string of the molecule is CCCC(C)C.CCCC(C)C.CCn1ccnn1.CCn1ccnn1.c1ccccc1. The largest absolute Gasteiger partial charge is 0.253 e. The summed E-state index contributed by atoms with van der Waals surface area (Å²) in [5, 5.41) is 14.6. The lowest BCUT2D eigenvalue weighted by Gasteiger charge is -1.95. The van der Waals surface area contributed by atoms with Crippen molar-refractivity contribution in [2.45, 2.75) is 94.2 Å². The first kappa shape index (κ1) is 31.7. The van der Waals surface area contributed by atoms with Crippen molar-refractivity contribution in [3.63, 3.8) is 0 Å². The van der Waals surface area contributed by atoms with Crippen LogP contribution in [0.4, 0.5) is 0 Å². The van der Waals surface area contributed by atoms with Crippen LogP contribution in [0.3, 0.4) is 0 Å². The van der Waals surface area contributed by atoms with E-state index in [2.05, 4.69) is 62.2 Å². The van der Waals surface area contributed by atoms with Gasteiger partial charge in [0.2, 0.25) is 0 Å². The van der Waals surface area contributed by atoms with Crippen molar-refractivity contribution < 1.29 is 0 Å². The zero-order valence-electron chi connectivity index (χ0n) is 21.9. The summed E-state index contributed by atoms with van der Waals surface area (Å²) >= 11 is 0. The molecule has 0 saturated heterocycles. The van der Waals surface area contributed by atoms with E-state index in [0.717, 1.165) is 24.9 Å². The average molecular weight is 445 g/mol. The van der Waals surface area contributed by atoms with Crippen LogP contribution in [0, 0.1) is 11.8 Å². The normalized spacial score (nSPS) is 9.31. The fourth-order valence-corrected chi connectivity index (χ4v) is 2.34. The third kappa shape index (κ3) is 25.5. The van der Waals surface area contributed by atoms with Gasteiger partial charge in [-0.05, 0) is 25.7 Å². The Balaban J connectivity index is 0. The van der Waals surface area contributed by atoms with Crippen LogP contribution in [0.25, 0.3) is 0 Å². The first-order valence-corrected chi connectivity index (χ1v) is 12.1. The van der Waals surface area contributed by atoms with E-state index in [1.807, 2.05) is 62.6 Å². The van der Waals surface area contributed by atoms with Gasteiger partial charge < -0.3 is 0 Å². The lowest BCUT2D eigenvalue weighted by atomic mass is 10.1. The smallest absolute Gasteiger partial charge is 0.0692 e. The molecule has 0 N–H and O–H groups in total. The molecule has 3 rings (SSSR count). The standard InChI is InChI=1S/C6H6.2C6H14.2C4H7N3/c1-2-4-6-5-3-1;2*1-4-5-6(2)3;2*1-2-7-4-3-5-6-7/h1-6H;2*6H,4-5H2,1-3H3;2*3-4H,2H2,1H3. The molecule has 0 fully saturated rings. The van der Waals surface area contributed by atoms with Crippen molar-refractivity contribution in [3.8, 4) is 0 Å². The Hall–Kier alpha value is -2.50. The van der Waals surface area contributed by atoms with Gasteiger partial charge in [0.15, 0.2) is 0 Å². The summed E-state index contributed by atoms with van der Waals surface area (Å²) in [7, 11) is 0. The molecule has 1 aromatic carbocycles. The molecule has 0 aliphatic rings. The van der Waals surface area contributed by atoms with Crippen molar-refractivity contribution >= 4 is 0 Å². The maximum Gasteiger partial charge on any atom is 0.0692 e. The van der Waals surface area contributed by atoms with Gasteiger partial charge in [-0.15, -0.1) is 10.2 Å². The number of hydrogen-bond donors (Lipinski definition) is 0. The molecule has 0 radical (unpaired) electrons. The number of hydrogen-bond acceptors (Lipinski definition) is 4. The van der Waals surface area contributed by atoms with Crippen molar-refractivity contribution in [1.29, 1.82) is 0 Å². The Morgan fingerprint density at radius 2 is 0.875 bits per heavy atom. The first-order valence-electron chi connectivity index (χ1n) is 12.1. The van der Waals surface area contributed by atoms with E-state index in [1.54, 1.807) is 21.8 Å². The summed E-state index contributed by atoms with van der Waals surface area (Å²) in [6.45, 7) is 19.3. The highest BCUT2D eigenvalue weighted by Gasteiger charge is 1.86. The van der Waals surface area contributed by atoms with Gasteiger partial charge in [-0.3, -0.25) is 9.36 Å². The zero-order valence-corrected chi connectivity index (χ0v) is 21.9. The Bertz CT molecular complexity index is 578. The topological polar surface area (TPSA) is 61.4 Å². The van der Waals surface area contributed by atoms with E-state index >= 15 is 0 Å². The zero-order chi connectivity index (χ0) is 24.5. The number of nitrogens with zero attached hydrogens (tertiary/aromatic N) is 6. The fraction of sp³-hybridized carbons (Fsp3) is 0.615. The highest BCUT2D eigenvalue weighted by molar-refractivity contribution is 4.99. The van der Waals surface area contributed by atoms with Crippen LogP contribution < -0.4 is 0 Å². The molecule has 182 valence electrons. The van der Waals surface area contributed by atoms with Gasteiger partial charge in [-0.2, -0.15) is 0 Å².